The Hall–Kier alpha value is -3.23. The molecule has 31 heavy (non-hydrogen) atoms. The van der Waals surface area contributed by atoms with Crippen LogP contribution in [0.25, 0.3) is 0 Å². The number of hydrogen-bond acceptors (Lipinski definition) is 5. The second-order valence-corrected chi connectivity index (χ2v) is 7.00. The minimum absolute atomic E-state index is 0.0143. The minimum atomic E-state index is -0.781. The fourth-order valence-corrected chi connectivity index (χ4v) is 3.27. The van der Waals surface area contributed by atoms with Crippen LogP contribution < -0.4 is 9.64 Å². The summed E-state index contributed by atoms with van der Waals surface area (Å²) in [5, 5.41) is 3.59. The molecule has 166 valence electrons. The lowest BCUT2D eigenvalue weighted by molar-refractivity contribution is 0.160. The van der Waals surface area contributed by atoms with E-state index in [9.17, 15) is 13.6 Å². The number of anilines is 1. The van der Waals surface area contributed by atoms with Crippen molar-refractivity contribution in [1.82, 2.24) is 9.88 Å². The standard InChI is InChI=1S/C22H26F2N4O3/c1-2-31-26-16-17-14-19(23)21(20(24)15-17)30-13-5-3-4-10-27-11-12-28(22(27)29)18-6-8-25-9-7-18/h6-9,14-16H,2-5,10-13H2,1H3. The summed E-state index contributed by atoms with van der Waals surface area (Å²) >= 11 is 0. The number of rotatable bonds is 11. The van der Waals surface area contributed by atoms with Gasteiger partial charge in [0.15, 0.2) is 17.4 Å². The van der Waals surface area contributed by atoms with Crippen molar-refractivity contribution in [3.05, 3.63) is 53.9 Å². The number of benzene rings is 1. The van der Waals surface area contributed by atoms with Gasteiger partial charge in [0.1, 0.15) is 6.61 Å². The predicted octanol–water partition coefficient (Wildman–Crippen LogP) is 4.22. The third-order valence-electron chi connectivity index (χ3n) is 4.81. The molecule has 0 unspecified atom stereocenters. The first kappa shape index (κ1) is 22.5. The van der Waals surface area contributed by atoms with Crippen LogP contribution in [0.5, 0.6) is 5.75 Å². The Morgan fingerprint density at radius 3 is 2.58 bits per heavy atom. The molecule has 3 rings (SSSR count). The summed E-state index contributed by atoms with van der Waals surface area (Å²) in [6.07, 6.45) is 6.77. The number of carbonyl (C=O) groups excluding carboxylic acids is 1. The van der Waals surface area contributed by atoms with Gasteiger partial charge in [-0.05, 0) is 50.5 Å². The molecule has 0 aliphatic carbocycles. The largest absolute Gasteiger partial charge is 0.488 e. The van der Waals surface area contributed by atoms with Gasteiger partial charge in [0.25, 0.3) is 0 Å². The van der Waals surface area contributed by atoms with Gasteiger partial charge < -0.3 is 14.5 Å². The van der Waals surface area contributed by atoms with E-state index in [0.717, 1.165) is 30.7 Å². The van der Waals surface area contributed by atoms with Crippen molar-refractivity contribution in [3.8, 4) is 5.75 Å². The predicted molar refractivity (Wildman–Crippen MR) is 113 cm³/mol. The monoisotopic (exact) mass is 432 g/mol. The number of unbranched alkanes of at least 4 members (excludes halogenated alkanes) is 2. The summed E-state index contributed by atoms with van der Waals surface area (Å²) in [7, 11) is 0. The zero-order valence-electron chi connectivity index (χ0n) is 17.5. The van der Waals surface area contributed by atoms with Crippen LogP contribution in [-0.4, -0.2) is 55.0 Å². The zero-order valence-corrected chi connectivity index (χ0v) is 17.5. The van der Waals surface area contributed by atoms with Crippen LogP contribution in [0.3, 0.4) is 0 Å². The fraction of sp³-hybridized carbons (Fsp3) is 0.409. The third kappa shape index (κ3) is 6.13. The van der Waals surface area contributed by atoms with Crippen LogP contribution in [-0.2, 0) is 4.84 Å². The number of amides is 2. The van der Waals surface area contributed by atoms with Crippen molar-refractivity contribution in [3.63, 3.8) is 0 Å². The molecule has 1 fully saturated rings. The Morgan fingerprint density at radius 1 is 1.13 bits per heavy atom. The first-order valence-corrected chi connectivity index (χ1v) is 10.3. The van der Waals surface area contributed by atoms with Gasteiger partial charge in [-0.15, -0.1) is 0 Å². The Labute approximate surface area is 180 Å². The summed E-state index contributed by atoms with van der Waals surface area (Å²) in [5.41, 5.74) is 1.10. The fourth-order valence-electron chi connectivity index (χ4n) is 3.27. The number of carbonyl (C=O) groups is 1. The molecule has 9 heteroatoms. The van der Waals surface area contributed by atoms with E-state index in [1.165, 1.54) is 6.21 Å². The van der Waals surface area contributed by atoms with Gasteiger partial charge in [0, 0.05) is 43.3 Å². The van der Waals surface area contributed by atoms with Gasteiger partial charge in [0.05, 0.1) is 12.8 Å². The number of urea groups is 1. The van der Waals surface area contributed by atoms with Crippen molar-refractivity contribution in [2.24, 2.45) is 5.16 Å². The highest BCUT2D eigenvalue weighted by atomic mass is 19.1. The Balaban J connectivity index is 1.38. The summed E-state index contributed by atoms with van der Waals surface area (Å²) in [6.45, 7) is 4.28. The van der Waals surface area contributed by atoms with E-state index >= 15 is 0 Å². The number of ether oxygens (including phenoxy) is 1. The maximum atomic E-state index is 14.1. The van der Waals surface area contributed by atoms with Crippen LogP contribution in [0.15, 0.2) is 41.8 Å². The normalized spacial score (nSPS) is 14.0. The maximum Gasteiger partial charge on any atom is 0.324 e. The molecule has 1 aromatic heterocycles. The van der Waals surface area contributed by atoms with Crippen LogP contribution >= 0.6 is 0 Å². The van der Waals surface area contributed by atoms with E-state index < -0.39 is 17.4 Å². The number of halogens is 2. The molecular weight excluding hydrogens is 406 g/mol. The van der Waals surface area contributed by atoms with Crippen LogP contribution in [0.1, 0.15) is 31.7 Å². The number of hydrogen-bond donors (Lipinski definition) is 0. The van der Waals surface area contributed by atoms with Crippen LogP contribution in [0, 0.1) is 11.6 Å². The molecule has 2 aromatic rings. The van der Waals surface area contributed by atoms with Gasteiger partial charge in [-0.1, -0.05) is 5.16 Å². The smallest absolute Gasteiger partial charge is 0.324 e. The second kappa shape index (κ2) is 11.2. The molecule has 7 nitrogen and oxygen atoms in total. The van der Waals surface area contributed by atoms with Crippen molar-refractivity contribution in [2.45, 2.75) is 26.2 Å². The lowest BCUT2D eigenvalue weighted by atomic mass is 10.2. The highest BCUT2D eigenvalue weighted by molar-refractivity contribution is 5.94. The summed E-state index contributed by atoms with van der Waals surface area (Å²) < 4.78 is 33.5. The van der Waals surface area contributed by atoms with Crippen molar-refractivity contribution in [1.29, 1.82) is 0 Å². The minimum Gasteiger partial charge on any atom is -0.488 e. The number of pyridine rings is 1. The molecule has 1 aliphatic rings. The quantitative estimate of drug-likeness (QED) is 0.303. The van der Waals surface area contributed by atoms with Gasteiger partial charge in [-0.2, -0.15) is 0 Å². The molecule has 0 radical (unpaired) electrons. The van der Waals surface area contributed by atoms with Crippen molar-refractivity contribution >= 4 is 17.9 Å². The molecule has 0 atom stereocenters. The number of oxime groups is 1. The van der Waals surface area contributed by atoms with Crippen molar-refractivity contribution in [2.75, 3.05) is 37.7 Å². The Bertz CT molecular complexity index is 873. The molecule has 0 spiro atoms. The van der Waals surface area contributed by atoms with E-state index in [0.29, 0.717) is 32.7 Å². The average molecular weight is 432 g/mol. The second-order valence-electron chi connectivity index (χ2n) is 7.00. The molecule has 2 heterocycles. The molecule has 1 aromatic carbocycles. The van der Waals surface area contributed by atoms with Gasteiger partial charge in [-0.3, -0.25) is 9.88 Å². The molecule has 1 aliphatic heterocycles. The average Bonchev–Trinajstić information content (AvgIpc) is 3.13. The summed E-state index contributed by atoms with van der Waals surface area (Å²) in [6, 6.07) is 5.91. The molecule has 0 bridgehead atoms. The SMILES string of the molecule is CCON=Cc1cc(F)c(OCCCCCN2CCN(c3ccncc3)C2=O)c(F)c1. The highest BCUT2D eigenvalue weighted by Crippen LogP contribution is 2.23. The van der Waals surface area contributed by atoms with Crippen LogP contribution in [0.2, 0.25) is 0 Å². The molecular formula is C22H26F2N4O3. The molecule has 0 saturated carbocycles. The van der Waals surface area contributed by atoms with E-state index in [-0.39, 0.29) is 18.2 Å². The third-order valence-corrected chi connectivity index (χ3v) is 4.81. The summed E-state index contributed by atoms with van der Waals surface area (Å²) in [4.78, 5) is 24.8. The van der Waals surface area contributed by atoms with Crippen LogP contribution in [0.4, 0.5) is 19.3 Å². The molecule has 2 amide bonds. The van der Waals surface area contributed by atoms with Gasteiger partial charge in [0.2, 0.25) is 0 Å². The van der Waals surface area contributed by atoms with E-state index in [1.807, 2.05) is 17.0 Å². The lowest BCUT2D eigenvalue weighted by Crippen LogP contribution is -2.32. The highest BCUT2D eigenvalue weighted by Gasteiger charge is 2.28. The van der Waals surface area contributed by atoms with E-state index in [1.54, 1.807) is 24.2 Å². The molecule has 0 N–H and O–H groups in total. The zero-order chi connectivity index (χ0) is 22.1. The topological polar surface area (TPSA) is 67.3 Å². The van der Waals surface area contributed by atoms with E-state index in [2.05, 4.69) is 10.1 Å². The van der Waals surface area contributed by atoms with Gasteiger partial charge >= 0.3 is 6.03 Å². The van der Waals surface area contributed by atoms with E-state index in [4.69, 9.17) is 9.57 Å². The first-order chi connectivity index (χ1) is 15.1. The van der Waals surface area contributed by atoms with Gasteiger partial charge in [-0.25, -0.2) is 13.6 Å². The first-order valence-electron chi connectivity index (χ1n) is 10.3. The lowest BCUT2D eigenvalue weighted by Gasteiger charge is -2.18. The molecule has 1 saturated heterocycles. The Morgan fingerprint density at radius 2 is 1.87 bits per heavy atom. The number of aromatic nitrogens is 1. The number of nitrogens with zero attached hydrogens (tertiary/aromatic N) is 4. The van der Waals surface area contributed by atoms with Crippen molar-refractivity contribution < 1.29 is 23.1 Å². The summed E-state index contributed by atoms with van der Waals surface area (Å²) in [5.74, 6) is -1.95. The maximum absolute atomic E-state index is 14.1. The Kier molecular flexibility index (Phi) is 8.14.